The van der Waals surface area contributed by atoms with Crippen molar-refractivity contribution in [1.29, 1.82) is 0 Å². The van der Waals surface area contributed by atoms with Crippen molar-refractivity contribution < 1.29 is 0 Å². The van der Waals surface area contributed by atoms with E-state index in [4.69, 9.17) is 0 Å². The van der Waals surface area contributed by atoms with Crippen LogP contribution in [0.5, 0.6) is 0 Å². The summed E-state index contributed by atoms with van der Waals surface area (Å²) in [7, 11) is 2.07. The van der Waals surface area contributed by atoms with Crippen molar-refractivity contribution in [3.63, 3.8) is 0 Å². The maximum atomic E-state index is 4.61. The van der Waals surface area contributed by atoms with Gasteiger partial charge < -0.3 is 4.90 Å². The van der Waals surface area contributed by atoms with Gasteiger partial charge in [0.05, 0.1) is 0 Å². The Morgan fingerprint density at radius 1 is 0.857 bits per heavy atom. The van der Waals surface area contributed by atoms with Crippen LogP contribution < -0.4 is 0 Å². The van der Waals surface area contributed by atoms with Gasteiger partial charge >= 0.3 is 0 Å². The van der Waals surface area contributed by atoms with E-state index in [1.54, 1.807) is 0 Å². The number of aryl methyl sites for hydroxylation is 1. The molecule has 0 aromatic heterocycles. The third-order valence-electron chi connectivity index (χ3n) is 3.81. The zero-order valence-electron chi connectivity index (χ0n) is 12.7. The minimum absolute atomic E-state index is 0.0840. The van der Waals surface area contributed by atoms with E-state index in [2.05, 4.69) is 85.5 Å². The van der Waals surface area contributed by atoms with E-state index in [-0.39, 0.29) is 6.17 Å². The van der Waals surface area contributed by atoms with E-state index in [0.29, 0.717) is 0 Å². The van der Waals surface area contributed by atoms with Crippen LogP contribution in [-0.2, 0) is 0 Å². The number of hydrogen-bond acceptors (Lipinski definition) is 2. The van der Waals surface area contributed by atoms with Gasteiger partial charge in [0, 0.05) is 19.5 Å². The summed E-state index contributed by atoms with van der Waals surface area (Å²) in [5.41, 5.74) is 6.19. The van der Waals surface area contributed by atoms with Crippen LogP contribution in [0.1, 0.15) is 24.2 Å². The normalized spacial score (nSPS) is 17.8. The number of rotatable bonds is 2. The highest BCUT2D eigenvalue weighted by Gasteiger charge is 2.15. The molecule has 1 heterocycles. The molecule has 0 spiro atoms. The minimum Gasteiger partial charge on any atom is -0.355 e. The lowest BCUT2D eigenvalue weighted by atomic mass is 10.0. The molecule has 2 heteroatoms. The van der Waals surface area contributed by atoms with Crippen LogP contribution in [0.4, 0.5) is 0 Å². The molecule has 2 aromatic carbocycles. The second-order valence-corrected chi connectivity index (χ2v) is 5.68. The Hall–Kier alpha value is -2.35. The largest absolute Gasteiger partial charge is 0.355 e. The number of aliphatic imine (C=N–C) groups is 1. The van der Waals surface area contributed by atoms with Gasteiger partial charge in [0.2, 0.25) is 0 Å². The molecule has 2 nitrogen and oxygen atoms in total. The predicted molar refractivity (Wildman–Crippen MR) is 89.4 cm³/mol. The third-order valence-corrected chi connectivity index (χ3v) is 3.81. The monoisotopic (exact) mass is 276 g/mol. The Balaban J connectivity index is 1.85. The number of hydrogen-bond donors (Lipinski definition) is 0. The fourth-order valence-electron chi connectivity index (χ4n) is 2.63. The Bertz CT molecular complexity index is 679. The average molecular weight is 276 g/mol. The van der Waals surface area contributed by atoms with Gasteiger partial charge in [-0.05, 0) is 36.1 Å². The first-order valence-electron chi connectivity index (χ1n) is 7.24. The Kier molecular flexibility index (Phi) is 3.61. The summed E-state index contributed by atoms with van der Waals surface area (Å²) in [6.45, 7) is 4.18. The van der Waals surface area contributed by atoms with Crippen molar-refractivity contribution in [3.05, 3.63) is 71.4 Å². The second-order valence-electron chi connectivity index (χ2n) is 5.68. The molecule has 106 valence electrons. The number of benzene rings is 2. The summed E-state index contributed by atoms with van der Waals surface area (Å²) in [6.07, 6.45) is 4.16. The lowest BCUT2D eigenvalue weighted by molar-refractivity contribution is 0.343. The van der Waals surface area contributed by atoms with Gasteiger partial charge in [-0.3, -0.25) is 4.99 Å². The summed E-state index contributed by atoms with van der Waals surface area (Å²) in [5.74, 6) is 0. The first-order valence-corrected chi connectivity index (χ1v) is 7.24. The summed E-state index contributed by atoms with van der Waals surface area (Å²) in [6, 6.07) is 17.3. The van der Waals surface area contributed by atoms with E-state index in [1.165, 1.54) is 27.8 Å². The molecule has 0 fully saturated rings. The van der Waals surface area contributed by atoms with Gasteiger partial charge in [-0.2, -0.15) is 0 Å². The van der Waals surface area contributed by atoms with Crippen LogP contribution in [0.2, 0.25) is 0 Å². The Morgan fingerprint density at radius 3 is 2.00 bits per heavy atom. The lowest BCUT2D eigenvalue weighted by Crippen LogP contribution is -2.21. The second kappa shape index (κ2) is 5.57. The molecule has 0 bridgehead atoms. The zero-order valence-corrected chi connectivity index (χ0v) is 12.7. The Labute approximate surface area is 126 Å². The maximum Gasteiger partial charge on any atom is 0.146 e. The standard InChI is InChI=1S/C19H20N2/c1-14-4-6-16(7-5-14)17-8-10-18(11-9-17)19-20-12-15(2)13-21(19)3/h4-13,19H,1-3H3. The molecule has 1 unspecified atom stereocenters. The van der Waals surface area contributed by atoms with E-state index in [9.17, 15) is 0 Å². The van der Waals surface area contributed by atoms with Gasteiger partial charge in [0.15, 0.2) is 0 Å². The van der Waals surface area contributed by atoms with Crippen LogP contribution in [-0.4, -0.2) is 18.2 Å². The zero-order chi connectivity index (χ0) is 14.8. The Morgan fingerprint density at radius 2 is 1.43 bits per heavy atom. The first kappa shape index (κ1) is 13.6. The highest BCUT2D eigenvalue weighted by molar-refractivity contribution is 5.78. The van der Waals surface area contributed by atoms with Crippen molar-refractivity contribution in [3.8, 4) is 11.1 Å². The van der Waals surface area contributed by atoms with Crippen LogP contribution in [0.3, 0.4) is 0 Å². The molecule has 3 rings (SSSR count). The quantitative estimate of drug-likeness (QED) is 0.784. The highest BCUT2D eigenvalue weighted by Crippen LogP contribution is 2.27. The molecule has 0 aliphatic carbocycles. The van der Waals surface area contributed by atoms with Crippen LogP contribution in [0.25, 0.3) is 11.1 Å². The van der Waals surface area contributed by atoms with Crippen LogP contribution in [0, 0.1) is 6.92 Å². The van der Waals surface area contributed by atoms with Gasteiger partial charge in [0.25, 0.3) is 0 Å². The topological polar surface area (TPSA) is 15.6 Å². The summed E-state index contributed by atoms with van der Waals surface area (Å²) in [4.78, 5) is 6.76. The van der Waals surface area contributed by atoms with E-state index < -0.39 is 0 Å². The maximum absolute atomic E-state index is 4.61. The van der Waals surface area contributed by atoms with Gasteiger partial charge in [-0.15, -0.1) is 0 Å². The molecule has 0 amide bonds. The van der Waals surface area contributed by atoms with E-state index >= 15 is 0 Å². The van der Waals surface area contributed by atoms with Crippen LogP contribution >= 0.6 is 0 Å². The van der Waals surface area contributed by atoms with Gasteiger partial charge in [-0.25, -0.2) is 0 Å². The molecule has 21 heavy (non-hydrogen) atoms. The molecular weight excluding hydrogens is 256 g/mol. The number of allylic oxidation sites excluding steroid dienone is 1. The van der Waals surface area contributed by atoms with Gasteiger partial charge in [-0.1, -0.05) is 54.1 Å². The summed E-state index contributed by atoms with van der Waals surface area (Å²) in [5, 5.41) is 0. The smallest absolute Gasteiger partial charge is 0.146 e. The third kappa shape index (κ3) is 2.89. The van der Waals surface area contributed by atoms with Crippen molar-refractivity contribution in [2.75, 3.05) is 7.05 Å². The lowest BCUT2D eigenvalue weighted by Gasteiger charge is -2.27. The molecule has 1 aliphatic heterocycles. The molecule has 0 radical (unpaired) electrons. The predicted octanol–water partition coefficient (Wildman–Crippen LogP) is 4.58. The van der Waals surface area contributed by atoms with Crippen molar-refractivity contribution in [1.82, 2.24) is 4.90 Å². The fourth-order valence-corrected chi connectivity index (χ4v) is 2.63. The van der Waals surface area contributed by atoms with Gasteiger partial charge in [0.1, 0.15) is 6.17 Å². The number of nitrogens with zero attached hydrogens (tertiary/aromatic N) is 2. The van der Waals surface area contributed by atoms with E-state index in [1.807, 2.05) is 6.21 Å². The highest BCUT2D eigenvalue weighted by atomic mass is 15.2. The summed E-state index contributed by atoms with van der Waals surface area (Å²) >= 11 is 0. The van der Waals surface area contributed by atoms with Crippen molar-refractivity contribution in [2.24, 2.45) is 4.99 Å². The molecule has 1 aliphatic rings. The molecule has 0 saturated carbocycles. The van der Waals surface area contributed by atoms with Crippen LogP contribution in [0.15, 0.2) is 65.3 Å². The molecule has 2 aromatic rings. The SMILES string of the molecule is CC1=CN(C)C(c2ccc(-c3ccc(C)cc3)cc2)N=C1. The van der Waals surface area contributed by atoms with E-state index in [0.717, 1.165) is 0 Å². The molecule has 0 N–H and O–H groups in total. The fraction of sp³-hybridized carbons (Fsp3) is 0.211. The van der Waals surface area contributed by atoms with Crippen molar-refractivity contribution >= 4 is 6.21 Å². The van der Waals surface area contributed by atoms with Crippen molar-refractivity contribution in [2.45, 2.75) is 20.0 Å². The summed E-state index contributed by atoms with van der Waals surface area (Å²) < 4.78 is 0. The average Bonchev–Trinajstić information content (AvgIpc) is 2.48. The molecule has 1 atom stereocenters. The molecule has 0 saturated heterocycles. The first-order chi connectivity index (χ1) is 10.1. The minimum atomic E-state index is 0.0840. The molecular formula is C19H20N2.